The Bertz CT molecular complexity index is 500. The van der Waals surface area contributed by atoms with Crippen LogP contribution in [-0.2, 0) is 4.74 Å². The lowest BCUT2D eigenvalue weighted by molar-refractivity contribution is 0.141. The van der Waals surface area contributed by atoms with Crippen LogP contribution in [0.2, 0.25) is 0 Å². The van der Waals surface area contributed by atoms with Crippen molar-refractivity contribution in [2.24, 2.45) is 0 Å². The van der Waals surface area contributed by atoms with Gasteiger partial charge < -0.3 is 14.5 Å². The highest BCUT2D eigenvalue weighted by atomic mass is 79.9. The van der Waals surface area contributed by atoms with E-state index >= 15 is 0 Å². The molecule has 18 heavy (non-hydrogen) atoms. The van der Waals surface area contributed by atoms with Gasteiger partial charge >= 0.3 is 0 Å². The quantitative estimate of drug-likeness (QED) is 0.799. The predicted octanol–water partition coefficient (Wildman–Crippen LogP) is 2.72. The van der Waals surface area contributed by atoms with E-state index in [4.69, 9.17) is 4.74 Å². The third-order valence-electron chi connectivity index (χ3n) is 2.53. The van der Waals surface area contributed by atoms with Crippen molar-refractivity contribution in [2.45, 2.75) is 19.8 Å². The van der Waals surface area contributed by atoms with Gasteiger partial charge in [-0.15, -0.1) is 0 Å². The van der Waals surface area contributed by atoms with Crippen molar-refractivity contribution in [3.63, 3.8) is 0 Å². The van der Waals surface area contributed by atoms with Crippen LogP contribution >= 0.6 is 15.9 Å². The van der Waals surface area contributed by atoms with E-state index in [1.54, 1.807) is 6.20 Å². The van der Waals surface area contributed by atoms with Crippen molar-refractivity contribution in [3.05, 3.63) is 23.2 Å². The van der Waals surface area contributed by atoms with Crippen LogP contribution in [0.15, 0.2) is 23.2 Å². The van der Waals surface area contributed by atoms with Crippen molar-refractivity contribution in [1.82, 2.24) is 14.4 Å². The van der Waals surface area contributed by atoms with E-state index in [1.807, 2.05) is 16.8 Å². The van der Waals surface area contributed by atoms with Crippen LogP contribution in [0.3, 0.4) is 0 Å². The van der Waals surface area contributed by atoms with Crippen molar-refractivity contribution in [1.29, 1.82) is 0 Å². The fourth-order valence-electron chi connectivity index (χ4n) is 1.61. The Kier molecular flexibility index (Phi) is 4.95. The van der Waals surface area contributed by atoms with Crippen LogP contribution in [0.1, 0.15) is 19.8 Å². The van der Waals surface area contributed by atoms with E-state index in [1.165, 1.54) is 0 Å². The molecular formula is C12H17BrN4O. The topological polar surface area (TPSA) is 51.5 Å². The summed E-state index contributed by atoms with van der Waals surface area (Å²) < 4.78 is 8.20. The summed E-state index contributed by atoms with van der Waals surface area (Å²) in [4.78, 5) is 8.64. The number of ether oxygens (including phenoxy) is 1. The Hall–Kier alpha value is -1.14. The van der Waals surface area contributed by atoms with Gasteiger partial charge in [-0.25, -0.2) is 9.97 Å². The number of imidazole rings is 1. The molecule has 0 amide bonds. The molecule has 0 atom stereocenters. The van der Waals surface area contributed by atoms with E-state index in [2.05, 4.69) is 38.1 Å². The molecule has 2 aromatic heterocycles. The van der Waals surface area contributed by atoms with Crippen LogP contribution in [-0.4, -0.2) is 34.1 Å². The molecule has 2 rings (SSSR count). The minimum Gasteiger partial charge on any atom is -0.380 e. The van der Waals surface area contributed by atoms with E-state index in [0.717, 1.165) is 42.1 Å². The summed E-state index contributed by atoms with van der Waals surface area (Å²) >= 11 is 3.38. The second kappa shape index (κ2) is 6.70. The molecule has 0 aliphatic heterocycles. The van der Waals surface area contributed by atoms with Crippen LogP contribution < -0.4 is 5.32 Å². The van der Waals surface area contributed by atoms with Crippen molar-refractivity contribution in [2.75, 3.05) is 25.1 Å². The zero-order valence-corrected chi connectivity index (χ0v) is 12.0. The lowest BCUT2D eigenvalue weighted by Gasteiger charge is -2.08. The largest absolute Gasteiger partial charge is 0.380 e. The maximum absolute atomic E-state index is 5.49. The molecular weight excluding hydrogens is 296 g/mol. The Labute approximate surface area is 115 Å². The number of nitrogens with zero attached hydrogens (tertiary/aromatic N) is 3. The molecule has 6 heteroatoms. The van der Waals surface area contributed by atoms with Crippen molar-refractivity contribution >= 4 is 27.4 Å². The number of anilines is 1. The first-order valence-electron chi connectivity index (χ1n) is 6.12. The van der Waals surface area contributed by atoms with Gasteiger partial charge in [0.25, 0.3) is 0 Å². The minimum atomic E-state index is 0.682. The van der Waals surface area contributed by atoms with Gasteiger partial charge in [0, 0.05) is 31.7 Å². The summed E-state index contributed by atoms with van der Waals surface area (Å²) in [6.07, 6.45) is 7.80. The van der Waals surface area contributed by atoms with E-state index in [0.29, 0.717) is 6.61 Å². The normalized spacial score (nSPS) is 11.0. The summed E-state index contributed by atoms with van der Waals surface area (Å²) in [5, 5.41) is 3.24. The van der Waals surface area contributed by atoms with Gasteiger partial charge in [0.05, 0.1) is 6.61 Å². The average molecular weight is 313 g/mol. The second-order valence-corrected chi connectivity index (χ2v) is 4.78. The lowest BCUT2D eigenvalue weighted by atomic mass is 10.4. The Morgan fingerprint density at radius 3 is 3.17 bits per heavy atom. The lowest BCUT2D eigenvalue weighted by Crippen LogP contribution is -2.12. The highest BCUT2D eigenvalue weighted by Crippen LogP contribution is 2.16. The molecule has 0 aliphatic carbocycles. The van der Waals surface area contributed by atoms with Gasteiger partial charge in [-0.2, -0.15) is 0 Å². The molecule has 0 spiro atoms. The second-order valence-electron chi connectivity index (χ2n) is 3.96. The molecule has 2 aromatic rings. The number of unbranched alkanes of at least 4 members (excludes halogenated alkanes) is 1. The molecule has 0 aliphatic rings. The Balaban J connectivity index is 1.89. The fourth-order valence-corrected chi connectivity index (χ4v) is 2.01. The van der Waals surface area contributed by atoms with Gasteiger partial charge in [-0.3, -0.25) is 0 Å². The van der Waals surface area contributed by atoms with Crippen LogP contribution in [0.25, 0.3) is 5.65 Å². The van der Waals surface area contributed by atoms with E-state index < -0.39 is 0 Å². The van der Waals surface area contributed by atoms with E-state index in [-0.39, 0.29) is 0 Å². The molecule has 98 valence electrons. The van der Waals surface area contributed by atoms with Gasteiger partial charge in [-0.1, -0.05) is 13.3 Å². The summed E-state index contributed by atoms with van der Waals surface area (Å²) in [6.45, 7) is 4.39. The molecule has 0 bridgehead atoms. The van der Waals surface area contributed by atoms with Crippen LogP contribution in [0, 0.1) is 0 Å². The number of rotatable bonds is 7. The van der Waals surface area contributed by atoms with Gasteiger partial charge in [-0.05, 0) is 22.4 Å². The summed E-state index contributed by atoms with van der Waals surface area (Å²) in [5.74, 6) is 0.772. The first kappa shape index (κ1) is 13.3. The van der Waals surface area contributed by atoms with Gasteiger partial charge in [0.1, 0.15) is 4.60 Å². The summed E-state index contributed by atoms with van der Waals surface area (Å²) in [6, 6.07) is 0. The summed E-state index contributed by atoms with van der Waals surface area (Å²) in [7, 11) is 0. The third kappa shape index (κ3) is 3.43. The minimum absolute atomic E-state index is 0.682. The average Bonchev–Trinajstić information content (AvgIpc) is 2.81. The molecule has 0 aromatic carbocycles. The smallest absolute Gasteiger partial charge is 0.180 e. The molecule has 5 nitrogen and oxygen atoms in total. The SMILES string of the molecule is CCCCOCCNc1nc(Br)cn2ccnc12. The molecule has 1 N–H and O–H groups in total. The number of nitrogens with one attached hydrogen (secondary N) is 1. The molecule has 2 heterocycles. The molecule has 0 saturated carbocycles. The highest BCUT2D eigenvalue weighted by molar-refractivity contribution is 9.10. The molecule has 0 unspecified atom stereocenters. The number of hydrogen-bond acceptors (Lipinski definition) is 4. The molecule has 0 fully saturated rings. The van der Waals surface area contributed by atoms with Crippen molar-refractivity contribution < 1.29 is 4.74 Å². The van der Waals surface area contributed by atoms with Crippen LogP contribution in [0.5, 0.6) is 0 Å². The van der Waals surface area contributed by atoms with Crippen LogP contribution in [0.4, 0.5) is 5.82 Å². The number of aromatic nitrogens is 3. The molecule has 0 saturated heterocycles. The standard InChI is InChI=1S/C12H17BrN4O/c1-2-3-7-18-8-5-14-11-12-15-4-6-17(12)9-10(13)16-11/h4,6,9H,2-3,5,7-8H2,1H3,(H,14,16). The number of halogens is 1. The predicted molar refractivity (Wildman–Crippen MR) is 74.9 cm³/mol. The maximum Gasteiger partial charge on any atom is 0.180 e. The number of fused-ring (bicyclic) bond motifs is 1. The number of hydrogen-bond donors (Lipinski definition) is 1. The zero-order chi connectivity index (χ0) is 12.8. The monoisotopic (exact) mass is 312 g/mol. The third-order valence-corrected chi connectivity index (χ3v) is 2.91. The Morgan fingerprint density at radius 2 is 2.33 bits per heavy atom. The van der Waals surface area contributed by atoms with Crippen molar-refractivity contribution in [3.8, 4) is 0 Å². The fraction of sp³-hybridized carbons (Fsp3) is 0.500. The highest BCUT2D eigenvalue weighted by Gasteiger charge is 2.05. The van der Waals surface area contributed by atoms with Gasteiger partial charge in [0.2, 0.25) is 0 Å². The van der Waals surface area contributed by atoms with E-state index in [9.17, 15) is 0 Å². The zero-order valence-electron chi connectivity index (χ0n) is 10.4. The molecule has 0 radical (unpaired) electrons. The van der Waals surface area contributed by atoms with Gasteiger partial charge in [0.15, 0.2) is 11.5 Å². The summed E-state index contributed by atoms with van der Waals surface area (Å²) in [5.41, 5.74) is 0.826. The maximum atomic E-state index is 5.49. The first-order valence-corrected chi connectivity index (χ1v) is 6.91. The first-order chi connectivity index (χ1) is 8.81. The Morgan fingerprint density at radius 1 is 1.44 bits per heavy atom.